The second kappa shape index (κ2) is 7.78. The van der Waals surface area contributed by atoms with Crippen molar-refractivity contribution in [3.8, 4) is 0 Å². The Balaban J connectivity index is 1.29. The second-order valence-electron chi connectivity index (χ2n) is 8.02. The van der Waals surface area contributed by atoms with Crippen molar-refractivity contribution >= 4 is 17.7 Å². The largest absolute Gasteiger partial charge is 0.480 e. The molecule has 1 aromatic rings. The predicted molar refractivity (Wildman–Crippen MR) is 100 cm³/mol. The lowest BCUT2D eigenvalue weighted by Crippen LogP contribution is -2.52. The molecule has 142 valence electrons. The maximum atomic E-state index is 11.1. The van der Waals surface area contributed by atoms with Crippen molar-refractivity contribution in [2.45, 2.75) is 57.0 Å². The van der Waals surface area contributed by atoms with Crippen LogP contribution < -0.4 is 10.2 Å². The number of carboxylic acids is 1. The Bertz CT molecular complexity index is 624. The third-order valence-corrected chi connectivity index (χ3v) is 5.79. The highest BCUT2D eigenvalue weighted by Gasteiger charge is 2.37. The monoisotopic (exact) mass is 359 g/mol. The molecule has 3 fully saturated rings. The van der Waals surface area contributed by atoms with Gasteiger partial charge in [-0.05, 0) is 56.9 Å². The number of nitrogens with zero attached hydrogens (tertiary/aromatic N) is 4. The number of hydrogen-bond acceptors (Lipinski definition) is 6. The fourth-order valence-corrected chi connectivity index (χ4v) is 4.04. The Kier molecular flexibility index (Phi) is 5.24. The maximum Gasteiger partial charge on any atom is 0.317 e. The van der Waals surface area contributed by atoms with Crippen LogP contribution in [0, 0.1) is 5.92 Å². The first-order valence-corrected chi connectivity index (χ1v) is 9.98. The topological polar surface area (TPSA) is 81.6 Å². The Morgan fingerprint density at radius 2 is 2.04 bits per heavy atom. The summed E-state index contributed by atoms with van der Waals surface area (Å²) in [4.78, 5) is 24.7. The van der Waals surface area contributed by atoms with E-state index in [2.05, 4.69) is 20.1 Å². The molecule has 1 aliphatic heterocycles. The normalized spacial score (nSPS) is 25.8. The molecule has 1 saturated heterocycles. The summed E-state index contributed by atoms with van der Waals surface area (Å²) in [6, 6.07) is 2.69. The molecule has 7 nitrogen and oxygen atoms in total. The van der Waals surface area contributed by atoms with E-state index in [9.17, 15) is 4.79 Å². The van der Waals surface area contributed by atoms with Gasteiger partial charge in [0.25, 0.3) is 0 Å². The minimum atomic E-state index is -0.718. The number of carboxylic acid groups (broad SMARTS) is 1. The molecule has 0 amide bonds. The number of anilines is 2. The first-order valence-electron chi connectivity index (χ1n) is 9.98. The van der Waals surface area contributed by atoms with E-state index in [1.807, 2.05) is 12.3 Å². The molecular formula is C19H29N5O2. The highest BCUT2D eigenvalue weighted by Crippen LogP contribution is 2.34. The van der Waals surface area contributed by atoms with Crippen LogP contribution in [0.4, 0.5) is 11.8 Å². The number of piperidine rings is 1. The molecule has 1 aromatic heterocycles. The molecule has 0 aromatic carbocycles. The van der Waals surface area contributed by atoms with E-state index in [-0.39, 0.29) is 6.54 Å². The van der Waals surface area contributed by atoms with Crippen LogP contribution in [0.2, 0.25) is 0 Å². The van der Waals surface area contributed by atoms with Gasteiger partial charge in [-0.25, -0.2) is 4.98 Å². The Morgan fingerprint density at radius 3 is 2.73 bits per heavy atom. The van der Waals surface area contributed by atoms with Crippen LogP contribution in [-0.4, -0.2) is 64.2 Å². The summed E-state index contributed by atoms with van der Waals surface area (Å²) in [7, 11) is 0. The quantitative estimate of drug-likeness (QED) is 0.736. The number of rotatable bonds is 8. The molecule has 26 heavy (non-hydrogen) atoms. The first-order chi connectivity index (χ1) is 12.7. The molecular weight excluding hydrogens is 330 g/mol. The molecule has 0 spiro atoms. The summed E-state index contributed by atoms with van der Waals surface area (Å²) in [6.07, 6.45) is 10.0. The van der Waals surface area contributed by atoms with Gasteiger partial charge < -0.3 is 15.3 Å². The van der Waals surface area contributed by atoms with Crippen molar-refractivity contribution in [1.82, 2.24) is 14.9 Å². The zero-order chi connectivity index (χ0) is 17.9. The molecule has 2 heterocycles. The van der Waals surface area contributed by atoms with E-state index in [4.69, 9.17) is 10.1 Å². The maximum absolute atomic E-state index is 11.1. The van der Waals surface area contributed by atoms with Crippen LogP contribution >= 0.6 is 0 Å². The van der Waals surface area contributed by atoms with Gasteiger partial charge >= 0.3 is 5.97 Å². The van der Waals surface area contributed by atoms with Crippen molar-refractivity contribution in [2.24, 2.45) is 5.92 Å². The second-order valence-corrected chi connectivity index (χ2v) is 8.02. The van der Waals surface area contributed by atoms with Crippen molar-refractivity contribution in [3.63, 3.8) is 0 Å². The van der Waals surface area contributed by atoms with Crippen molar-refractivity contribution < 1.29 is 9.90 Å². The molecule has 0 unspecified atom stereocenters. The summed E-state index contributed by atoms with van der Waals surface area (Å²) in [5.41, 5.74) is 0. The average Bonchev–Trinajstić information content (AvgIpc) is 3.42. The minimum absolute atomic E-state index is 0.167. The van der Waals surface area contributed by atoms with Crippen molar-refractivity contribution in [2.75, 3.05) is 36.4 Å². The van der Waals surface area contributed by atoms with Gasteiger partial charge in [-0.15, -0.1) is 0 Å². The Morgan fingerprint density at radius 1 is 1.27 bits per heavy atom. The lowest BCUT2D eigenvalue weighted by Gasteiger charge is -2.43. The molecule has 0 radical (unpaired) electrons. The van der Waals surface area contributed by atoms with E-state index >= 15 is 0 Å². The van der Waals surface area contributed by atoms with E-state index in [0.717, 1.165) is 50.2 Å². The molecule has 2 aliphatic carbocycles. The summed E-state index contributed by atoms with van der Waals surface area (Å²) < 4.78 is 0. The van der Waals surface area contributed by atoms with Crippen LogP contribution in [0.3, 0.4) is 0 Å². The van der Waals surface area contributed by atoms with Gasteiger partial charge in [0, 0.05) is 37.9 Å². The fourth-order valence-electron chi connectivity index (χ4n) is 4.04. The molecule has 3 aliphatic rings. The molecule has 2 N–H and O–H groups in total. The van der Waals surface area contributed by atoms with Gasteiger partial charge in [0.05, 0.1) is 6.54 Å². The summed E-state index contributed by atoms with van der Waals surface area (Å²) >= 11 is 0. The molecule has 7 heteroatoms. The number of aromatic nitrogens is 2. The zero-order valence-electron chi connectivity index (χ0n) is 15.3. The number of nitrogens with one attached hydrogen (secondary N) is 1. The highest BCUT2D eigenvalue weighted by atomic mass is 16.4. The van der Waals surface area contributed by atoms with E-state index in [1.54, 1.807) is 0 Å². The number of carbonyl (C=O) groups is 1. The fraction of sp³-hybridized carbons (Fsp3) is 0.737. The first kappa shape index (κ1) is 17.5. The van der Waals surface area contributed by atoms with Gasteiger partial charge in [-0.3, -0.25) is 9.69 Å². The van der Waals surface area contributed by atoms with Crippen LogP contribution in [-0.2, 0) is 4.79 Å². The molecule has 2 saturated carbocycles. The Hall–Kier alpha value is -1.89. The Labute approximate surface area is 154 Å². The van der Waals surface area contributed by atoms with Crippen LogP contribution in [0.25, 0.3) is 0 Å². The van der Waals surface area contributed by atoms with Gasteiger partial charge in [0.15, 0.2) is 0 Å². The molecule has 0 atom stereocenters. The lowest BCUT2D eigenvalue weighted by atomic mass is 9.85. The predicted octanol–water partition coefficient (Wildman–Crippen LogP) is 2.21. The highest BCUT2D eigenvalue weighted by molar-refractivity contribution is 5.69. The smallest absolute Gasteiger partial charge is 0.317 e. The van der Waals surface area contributed by atoms with E-state index < -0.39 is 5.97 Å². The summed E-state index contributed by atoms with van der Waals surface area (Å²) in [5.74, 6) is 1.71. The summed E-state index contributed by atoms with van der Waals surface area (Å²) in [5, 5.41) is 12.7. The van der Waals surface area contributed by atoms with Crippen molar-refractivity contribution in [1.29, 1.82) is 0 Å². The van der Waals surface area contributed by atoms with E-state index in [0.29, 0.717) is 12.1 Å². The SMILES string of the molecule is O=C(O)CN(CC1CC1)C1CC(Nc2ccnc(N3CCCCC3)n2)C1. The van der Waals surface area contributed by atoms with Crippen LogP contribution in [0.5, 0.6) is 0 Å². The van der Waals surface area contributed by atoms with Gasteiger partial charge in [0.1, 0.15) is 5.82 Å². The molecule has 4 rings (SSSR count). The van der Waals surface area contributed by atoms with E-state index in [1.165, 1.54) is 32.1 Å². The third kappa shape index (κ3) is 4.44. The molecule has 0 bridgehead atoms. The number of aliphatic carboxylic acids is 1. The van der Waals surface area contributed by atoms with Crippen LogP contribution in [0.15, 0.2) is 12.3 Å². The van der Waals surface area contributed by atoms with Crippen molar-refractivity contribution in [3.05, 3.63) is 12.3 Å². The number of hydrogen-bond donors (Lipinski definition) is 2. The third-order valence-electron chi connectivity index (χ3n) is 5.79. The van der Waals surface area contributed by atoms with Gasteiger partial charge in [-0.2, -0.15) is 4.98 Å². The standard InChI is InChI=1S/C19H29N5O2/c25-18(26)13-24(12-14-4-5-14)16-10-15(11-16)21-17-6-7-20-19(22-17)23-8-2-1-3-9-23/h6-7,14-16H,1-5,8-13H2,(H,25,26)(H,20,21,22). The average molecular weight is 359 g/mol. The van der Waals surface area contributed by atoms with Gasteiger partial charge in [0.2, 0.25) is 5.95 Å². The minimum Gasteiger partial charge on any atom is -0.480 e. The lowest BCUT2D eigenvalue weighted by molar-refractivity contribution is -0.139. The summed E-state index contributed by atoms with van der Waals surface area (Å²) in [6.45, 7) is 3.19. The van der Waals surface area contributed by atoms with Gasteiger partial charge in [-0.1, -0.05) is 0 Å². The van der Waals surface area contributed by atoms with Crippen LogP contribution in [0.1, 0.15) is 44.9 Å². The zero-order valence-corrected chi connectivity index (χ0v) is 15.3.